The number of alkyl halides is 3. The van der Waals surface area contributed by atoms with Crippen LogP contribution in [0.1, 0.15) is 41.9 Å². The Morgan fingerprint density at radius 3 is 2.50 bits per heavy atom. The number of hydrogen-bond donors (Lipinski definition) is 1. The van der Waals surface area contributed by atoms with Crippen LogP contribution < -0.4 is 5.32 Å². The Morgan fingerprint density at radius 2 is 1.84 bits per heavy atom. The van der Waals surface area contributed by atoms with Crippen molar-refractivity contribution in [2.24, 2.45) is 5.41 Å². The van der Waals surface area contributed by atoms with Crippen LogP contribution in [-0.4, -0.2) is 42.7 Å². The fourth-order valence-electron chi connectivity index (χ4n) is 4.98. The zero-order chi connectivity index (χ0) is 22.8. The van der Waals surface area contributed by atoms with Gasteiger partial charge in [-0.1, -0.05) is 42.5 Å². The lowest BCUT2D eigenvalue weighted by Gasteiger charge is -2.42. The van der Waals surface area contributed by atoms with E-state index in [1.807, 2.05) is 36.4 Å². The van der Waals surface area contributed by atoms with Gasteiger partial charge in [0.25, 0.3) is 0 Å². The third-order valence-corrected chi connectivity index (χ3v) is 6.69. The Balaban J connectivity index is 1.62. The molecule has 2 atom stereocenters. The first-order valence-corrected chi connectivity index (χ1v) is 10.9. The number of hydrogen-bond acceptors (Lipinski definition) is 3. The Labute approximate surface area is 186 Å². The van der Waals surface area contributed by atoms with Gasteiger partial charge in [0.1, 0.15) is 0 Å². The van der Waals surface area contributed by atoms with E-state index in [1.165, 1.54) is 0 Å². The molecule has 0 aromatic heterocycles. The molecule has 0 radical (unpaired) electrons. The molecule has 7 heteroatoms. The molecular formula is C25H26F3N3O. The maximum Gasteiger partial charge on any atom is 0.471 e. The summed E-state index contributed by atoms with van der Waals surface area (Å²) < 4.78 is 40.7. The van der Waals surface area contributed by atoms with Crippen molar-refractivity contribution in [2.75, 3.05) is 19.6 Å². The first-order valence-electron chi connectivity index (χ1n) is 10.9. The highest BCUT2D eigenvalue weighted by Crippen LogP contribution is 2.48. The standard InChI is InChI=1S/C25H26F3N3O/c26-25(27,28)23(32)31(22-14-21(22)20-7-2-1-3-8-20)17-24(9-11-30-12-10-24)15-18-5-4-6-19(13-18)16-29/h1-8,13,21-22,30H,9-12,14-15,17H2/t21?,22-/m1/s1. The largest absolute Gasteiger partial charge is 0.471 e. The molecular weight excluding hydrogens is 415 g/mol. The highest BCUT2D eigenvalue weighted by molar-refractivity contribution is 5.82. The minimum absolute atomic E-state index is 0.0665. The minimum atomic E-state index is -4.90. The molecule has 0 spiro atoms. The molecule has 1 amide bonds. The van der Waals surface area contributed by atoms with Gasteiger partial charge in [-0.3, -0.25) is 4.79 Å². The molecule has 1 saturated carbocycles. The predicted octanol–water partition coefficient (Wildman–Crippen LogP) is 4.42. The number of carbonyl (C=O) groups is 1. The summed E-state index contributed by atoms with van der Waals surface area (Å²) in [5, 5.41) is 12.5. The maximum absolute atomic E-state index is 13.6. The van der Waals surface area contributed by atoms with Gasteiger partial charge in [0.15, 0.2) is 0 Å². The summed E-state index contributed by atoms with van der Waals surface area (Å²) in [6.07, 6.45) is -2.47. The quantitative estimate of drug-likeness (QED) is 0.722. The molecule has 168 valence electrons. The van der Waals surface area contributed by atoms with E-state index in [1.54, 1.807) is 18.2 Å². The van der Waals surface area contributed by atoms with Crippen LogP contribution >= 0.6 is 0 Å². The molecule has 1 aliphatic carbocycles. The summed E-state index contributed by atoms with van der Waals surface area (Å²) in [7, 11) is 0. The van der Waals surface area contributed by atoms with Gasteiger partial charge in [0.2, 0.25) is 0 Å². The third kappa shape index (κ3) is 4.97. The summed E-state index contributed by atoms with van der Waals surface area (Å²) in [5.41, 5.74) is 1.95. The molecule has 1 unspecified atom stereocenters. The molecule has 4 nitrogen and oxygen atoms in total. The van der Waals surface area contributed by atoms with Gasteiger partial charge in [-0.25, -0.2) is 0 Å². The molecule has 4 rings (SSSR count). The maximum atomic E-state index is 13.6. The topological polar surface area (TPSA) is 56.1 Å². The van der Waals surface area contributed by atoms with Crippen molar-refractivity contribution >= 4 is 5.91 Å². The average Bonchev–Trinajstić information content (AvgIpc) is 3.58. The van der Waals surface area contributed by atoms with Crippen LogP contribution in [0.5, 0.6) is 0 Å². The summed E-state index contributed by atoms with van der Waals surface area (Å²) in [5.74, 6) is -1.81. The Kier molecular flexibility index (Phi) is 6.25. The van der Waals surface area contributed by atoms with Crippen LogP contribution in [-0.2, 0) is 11.2 Å². The molecule has 1 saturated heterocycles. The van der Waals surface area contributed by atoms with Gasteiger partial charge in [-0.05, 0) is 67.4 Å². The smallest absolute Gasteiger partial charge is 0.331 e. The van der Waals surface area contributed by atoms with Gasteiger partial charge in [-0.15, -0.1) is 0 Å². The van der Waals surface area contributed by atoms with Crippen LogP contribution in [0.25, 0.3) is 0 Å². The molecule has 32 heavy (non-hydrogen) atoms. The third-order valence-electron chi connectivity index (χ3n) is 6.69. The molecule has 2 aromatic rings. The monoisotopic (exact) mass is 441 g/mol. The zero-order valence-electron chi connectivity index (χ0n) is 17.7. The molecule has 2 fully saturated rings. The van der Waals surface area contributed by atoms with Crippen molar-refractivity contribution in [1.29, 1.82) is 5.26 Å². The van der Waals surface area contributed by atoms with Crippen molar-refractivity contribution in [3.63, 3.8) is 0 Å². The van der Waals surface area contributed by atoms with E-state index in [9.17, 15) is 23.2 Å². The fraction of sp³-hybridized carbons (Fsp3) is 0.440. The lowest BCUT2D eigenvalue weighted by molar-refractivity contribution is -0.188. The number of halogens is 3. The summed E-state index contributed by atoms with van der Waals surface area (Å²) in [6, 6.07) is 18.3. The lowest BCUT2D eigenvalue weighted by atomic mass is 9.73. The number of amides is 1. The number of nitrogens with one attached hydrogen (secondary N) is 1. The van der Waals surface area contributed by atoms with Crippen LogP contribution in [0.15, 0.2) is 54.6 Å². The van der Waals surface area contributed by atoms with Gasteiger partial charge in [0, 0.05) is 18.5 Å². The van der Waals surface area contributed by atoms with Crippen molar-refractivity contribution < 1.29 is 18.0 Å². The van der Waals surface area contributed by atoms with Gasteiger partial charge in [-0.2, -0.15) is 18.4 Å². The van der Waals surface area contributed by atoms with Crippen LogP contribution in [0.3, 0.4) is 0 Å². The number of rotatable bonds is 6. The summed E-state index contributed by atoms with van der Waals surface area (Å²) in [6.45, 7) is 1.45. The number of nitriles is 1. The van der Waals surface area contributed by atoms with Crippen molar-refractivity contribution in [1.82, 2.24) is 10.2 Å². The highest BCUT2D eigenvalue weighted by Gasteiger charge is 2.53. The van der Waals surface area contributed by atoms with Crippen molar-refractivity contribution in [2.45, 2.75) is 43.8 Å². The van der Waals surface area contributed by atoms with E-state index in [4.69, 9.17) is 0 Å². The Morgan fingerprint density at radius 1 is 1.12 bits per heavy atom. The number of piperidine rings is 1. The number of benzene rings is 2. The van der Waals surface area contributed by atoms with Crippen molar-refractivity contribution in [3.8, 4) is 6.07 Å². The summed E-state index contributed by atoms with van der Waals surface area (Å²) in [4.78, 5) is 13.6. The van der Waals surface area contributed by atoms with Crippen LogP contribution in [0.4, 0.5) is 13.2 Å². The first kappa shape index (κ1) is 22.3. The molecule has 2 aliphatic rings. The average molecular weight is 441 g/mol. The lowest BCUT2D eigenvalue weighted by Crippen LogP contribution is -2.51. The Hall–Kier alpha value is -2.85. The van der Waals surface area contributed by atoms with E-state index >= 15 is 0 Å². The summed E-state index contributed by atoms with van der Waals surface area (Å²) >= 11 is 0. The van der Waals surface area contributed by atoms with Crippen molar-refractivity contribution in [3.05, 3.63) is 71.3 Å². The van der Waals surface area contributed by atoms with E-state index in [-0.39, 0.29) is 12.5 Å². The SMILES string of the molecule is N#Cc1cccc(CC2(CN(C(=O)C(F)(F)F)[C@@H]3CC3c3ccccc3)CCNCC2)c1. The second kappa shape index (κ2) is 8.95. The van der Waals surface area contributed by atoms with Gasteiger partial charge < -0.3 is 10.2 Å². The first-order chi connectivity index (χ1) is 15.3. The highest BCUT2D eigenvalue weighted by atomic mass is 19.4. The van der Waals surface area contributed by atoms with E-state index < -0.39 is 23.5 Å². The molecule has 2 aromatic carbocycles. The van der Waals surface area contributed by atoms with E-state index in [2.05, 4.69) is 11.4 Å². The number of carbonyl (C=O) groups excluding carboxylic acids is 1. The second-order valence-electron chi connectivity index (χ2n) is 8.99. The number of nitrogens with zero attached hydrogens (tertiary/aromatic N) is 2. The molecule has 0 bridgehead atoms. The van der Waals surface area contributed by atoms with E-state index in [0.29, 0.717) is 44.3 Å². The second-order valence-corrected chi connectivity index (χ2v) is 8.99. The van der Waals surface area contributed by atoms with E-state index in [0.717, 1.165) is 16.0 Å². The normalized spacial score (nSPS) is 22.1. The van der Waals surface area contributed by atoms with Crippen LogP contribution in [0, 0.1) is 16.7 Å². The minimum Gasteiger partial charge on any atom is -0.331 e. The molecule has 1 heterocycles. The molecule has 1 N–H and O–H groups in total. The molecule has 1 aliphatic heterocycles. The zero-order valence-corrected chi connectivity index (χ0v) is 17.7. The van der Waals surface area contributed by atoms with Gasteiger partial charge >= 0.3 is 12.1 Å². The fourth-order valence-corrected chi connectivity index (χ4v) is 4.98. The van der Waals surface area contributed by atoms with Gasteiger partial charge in [0.05, 0.1) is 11.6 Å². The van der Waals surface area contributed by atoms with Crippen LogP contribution in [0.2, 0.25) is 0 Å². The Bertz CT molecular complexity index is 993. The predicted molar refractivity (Wildman–Crippen MR) is 115 cm³/mol.